The van der Waals surface area contributed by atoms with E-state index in [4.69, 9.17) is 5.73 Å². The van der Waals surface area contributed by atoms with Gasteiger partial charge in [0, 0.05) is 25.6 Å². The smallest absolute Gasteiger partial charge is 0.234 e. The lowest BCUT2D eigenvalue weighted by molar-refractivity contribution is -0.122. The normalized spacial score (nSPS) is 21.8. The average molecular weight is 312 g/mol. The van der Waals surface area contributed by atoms with Crippen LogP contribution in [-0.4, -0.2) is 43.5 Å². The van der Waals surface area contributed by atoms with Gasteiger partial charge in [0.05, 0.1) is 6.54 Å². The lowest BCUT2D eigenvalue weighted by Gasteiger charge is -2.16. The Morgan fingerprint density at radius 1 is 1.33 bits per heavy atom. The molecule has 3 N–H and O–H groups in total. The number of hydrogen-bond acceptors (Lipinski definition) is 3. The van der Waals surface area contributed by atoms with Crippen LogP contribution in [0.3, 0.4) is 0 Å². The topological polar surface area (TPSA) is 58.4 Å². The summed E-state index contributed by atoms with van der Waals surface area (Å²) in [6, 6.07) is 10.5. The van der Waals surface area contributed by atoms with Crippen LogP contribution in [0.25, 0.3) is 0 Å². The van der Waals surface area contributed by atoms with Gasteiger partial charge >= 0.3 is 0 Å². The molecule has 118 valence electrons. The summed E-state index contributed by atoms with van der Waals surface area (Å²) in [5, 5.41) is 2.93. The summed E-state index contributed by atoms with van der Waals surface area (Å²) >= 11 is 0. The Kier molecular flexibility index (Phi) is 7.72. The molecule has 2 atom stereocenters. The van der Waals surface area contributed by atoms with Crippen molar-refractivity contribution in [2.45, 2.75) is 19.3 Å². The van der Waals surface area contributed by atoms with Crippen molar-refractivity contribution in [3.8, 4) is 0 Å². The van der Waals surface area contributed by atoms with Gasteiger partial charge in [0.2, 0.25) is 5.91 Å². The molecule has 1 aromatic rings. The van der Waals surface area contributed by atoms with E-state index in [0.717, 1.165) is 26.1 Å². The summed E-state index contributed by atoms with van der Waals surface area (Å²) in [6.07, 6.45) is 0.976. The summed E-state index contributed by atoms with van der Waals surface area (Å²) in [7, 11) is 0. The van der Waals surface area contributed by atoms with Crippen molar-refractivity contribution in [3.63, 3.8) is 0 Å². The van der Waals surface area contributed by atoms with Crippen molar-refractivity contribution in [1.82, 2.24) is 10.2 Å². The first-order valence-corrected chi connectivity index (χ1v) is 7.48. The second kappa shape index (κ2) is 9.03. The standard InChI is InChI=1S/C16H25N3O.ClH/c1-2-8-18-16(20)12-19-10-14(9-17)15(11-19)13-6-4-3-5-7-13;/h3-7,14-15H,2,8-12,17H2,1H3,(H,18,20);1H/t14-,15+;/m1./s1. The third kappa shape index (κ3) is 4.99. The monoisotopic (exact) mass is 311 g/mol. The SMILES string of the molecule is CCCNC(=O)CN1C[C@@H](CN)[C@H](c2ccccc2)C1.Cl. The van der Waals surface area contributed by atoms with E-state index in [1.54, 1.807) is 0 Å². The average Bonchev–Trinajstić information content (AvgIpc) is 2.89. The predicted molar refractivity (Wildman–Crippen MR) is 88.7 cm³/mol. The van der Waals surface area contributed by atoms with Crippen molar-refractivity contribution in [3.05, 3.63) is 35.9 Å². The molecule has 1 aromatic carbocycles. The fourth-order valence-electron chi connectivity index (χ4n) is 2.93. The van der Waals surface area contributed by atoms with Gasteiger partial charge in [-0.25, -0.2) is 0 Å². The highest BCUT2D eigenvalue weighted by Gasteiger charge is 2.33. The number of carbonyl (C=O) groups is 1. The number of rotatable bonds is 6. The predicted octanol–water partition coefficient (Wildman–Crippen LogP) is 1.61. The summed E-state index contributed by atoms with van der Waals surface area (Å²) in [4.78, 5) is 14.0. The van der Waals surface area contributed by atoms with Crippen molar-refractivity contribution in [2.75, 3.05) is 32.7 Å². The molecule has 0 bridgehead atoms. The van der Waals surface area contributed by atoms with Gasteiger partial charge in [-0.05, 0) is 24.4 Å². The second-order valence-electron chi connectivity index (χ2n) is 5.56. The highest BCUT2D eigenvalue weighted by molar-refractivity contribution is 5.85. The van der Waals surface area contributed by atoms with Crippen LogP contribution in [0.2, 0.25) is 0 Å². The zero-order valence-electron chi connectivity index (χ0n) is 12.6. The molecule has 4 nitrogen and oxygen atoms in total. The van der Waals surface area contributed by atoms with E-state index in [0.29, 0.717) is 24.9 Å². The quantitative estimate of drug-likeness (QED) is 0.839. The first-order chi connectivity index (χ1) is 9.74. The van der Waals surface area contributed by atoms with Gasteiger partial charge in [-0.3, -0.25) is 9.69 Å². The van der Waals surface area contributed by atoms with Gasteiger partial charge in [0.15, 0.2) is 0 Å². The third-order valence-corrected chi connectivity index (χ3v) is 3.99. The summed E-state index contributed by atoms with van der Waals surface area (Å²) < 4.78 is 0. The minimum atomic E-state index is 0. The summed E-state index contributed by atoms with van der Waals surface area (Å²) in [6.45, 7) is 5.81. The largest absolute Gasteiger partial charge is 0.355 e. The second-order valence-corrected chi connectivity index (χ2v) is 5.56. The van der Waals surface area contributed by atoms with Gasteiger partial charge in [-0.2, -0.15) is 0 Å². The number of hydrogen-bond donors (Lipinski definition) is 2. The van der Waals surface area contributed by atoms with Crippen LogP contribution in [-0.2, 0) is 4.79 Å². The number of halogens is 1. The molecule has 5 heteroatoms. The highest BCUT2D eigenvalue weighted by atomic mass is 35.5. The van der Waals surface area contributed by atoms with Gasteiger partial charge in [0.1, 0.15) is 0 Å². The van der Waals surface area contributed by atoms with Crippen LogP contribution in [0.1, 0.15) is 24.8 Å². The molecular formula is C16H26ClN3O. The van der Waals surface area contributed by atoms with Crippen LogP contribution < -0.4 is 11.1 Å². The molecule has 1 aliphatic rings. The zero-order valence-corrected chi connectivity index (χ0v) is 13.4. The van der Waals surface area contributed by atoms with E-state index in [1.165, 1.54) is 5.56 Å². The fraction of sp³-hybridized carbons (Fsp3) is 0.562. The Morgan fingerprint density at radius 2 is 2.05 bits per heavy atom. The Labute approximate surface area is 133 Å². The Morgan fingerprint density at radius 3 is 2.67 bits per heavy atom. The molecule has 2 rings (SSSR count). The highest BCUT2D eigenvalue weighted by Crippen LogP contribution is 2.31. The van der Waals surface area contributed by atoms with Crippen molar-refractivity contribution in [1.29, 1.82) is 0 Å². The minimum Gasteiger partial charge on any atom is -0.355 e. The van der Waals surface area contributed by atoms with Gasteiger partial charge in [-0.15, -0.1) is 12.4 Å². The minimum absolute atomic E-state index is 0. The lowest BCUT2D eigenvalue weighted by atomic mass is 9.89. The van der Waals surface area contributed by atoms with Crippen LogP contribution >= 0.6 is 12.4 Å². The third-order valence-electron chi connectivity index (χ3n) is 3.99. The van der Waals surface area contributed by atoms with Crippen LogP contribution in [0.15, 0.2) is 30.3 Å². The molecule has 1 fully saturated rings. The van der Waals surface area contributed by atoms with Crippen molar-refractivity contribution in [2.24, 2.45) is 11.7 Å². The fourth-order valence-corrected chi connectivity index (χ4v) is 2.93. The number of nitrogens with one attached hydrogen (secondary N) is 1. The Hall–Kier alpha value is -1.10. The van der Waals surface area contributed by atoms with Gasteiger partial charge < -0.3 is 11.1 Å². The maximum Gasteiger partial charge on any atom is 0.234 e. The van der Waals surface area contributed by atoms with Crippen LogP contribution in [0.4, 0.5) is 0 Å². The summed E-state index contributed by atoms with van der Waals surface area (Å²) in [5.41, 5.74) is 7.24. The molecule has 1 heterocycles. The number of carbonyl (C=O) groups excluding carboxylic acids is 1. The first kappa shape index (κ1) is 18.0. The maximum atomic E-state index is 11.8. The van der Waals surface area contributed by atoms with Crippen molar-refractivity contribution < 1.29 is 4.79 Å². The maximum absolute atomic E-state index is 11.8. The Balaban J connectivity index is 0.00000220. The van der Waals surface area contributed by atoms with Crippen LogP contribution in [0.5, 0.6) is 0 Å². The number of nitrogens with zero attached hydrogens (tertiary/aromatic N) is 1. The van der Waals surface area contributed by atoms with E-state index in [1.807, 2.05) is 6.07 Å². The number of nitrogens with two attached hydrogens (primary N) is 1. The number of benzene rings is 1. The van der Waals surface area contributed by atoms with E-state index in [-0.39, 0.29) is 18.3 Å². The number of likely N-dealkylation sites (tertiary alicyclic amines) is 1. The lowest BCUT2D eigenvalue weighted by Crippen LogP contribution is -2.36. The molecule has 1 amide bonds. The molecule has 1 aliphatic heterocycles. The first-order valence-electron chi connectivity index (χ1n) is 7.48. The van der Waals surface area contributed by atoms with Crippen molar-refractivity contribution >= 4 is 18.3 Å². The van der Waals surface area contributed by atoms with E-state index < -0.39 is 0 Å². The molecule has 0 spiro atoms. The molecule has 0 unspecified atom stereocenters. The van der Waals surface area contributed by atoms with E-state index in [9.17, 15) is 4.79 Å². The molecular weight excluding hydrogens is 286 g/mol. The molecule has 21 heavy (non-hydrogen) atoms. The summed E-state index contributed by atoms with van der Waals surface area (Å²) in [5.74, 6) is 1.01. The van der Waals surface area contributed by atoms with Gasteiger partial charge in [-0.1, -0.05) is 37.3 Å². The molecule has 0 radical (unpaired) electrons. The number of amides is 1. The van der Waals surface area contributed by atoms with E-state index >= 15 is 0 Å². The van der Waals surface area contributed by atoms with Gasteiger partial charge in [0.25, 0.3) is 0 Å². The van der Waals surface area contributed by atoms with E-state index in [2.05, 4.69) is 41.4 Å². The zero-order chi connectivity index (χ0) is 14.4. The molecule has 0 aliphatic carbocycles. The molecule has 0 saturated carbocycles. The molecule has 1 saturated heterocycles. The Bertz CT molecular complexity index is 427. The van der Waals surface area contributed by atoms with Crippen LogP contribution in [0, 0.1) is 5.92 Å². The molecule has 0 aromatic heterocycles.